The maximum Gasteiger partial charge on any atom is 0.317 e. The van der Waals surface area contributed by atoms with Crippen LogP contribution in [0.1, 0.15) is 45.4 Å². The van der Waals surface area contributed by atoms with E-state index < -0.39 is 5.97 Å². The summed E-state index contributed by atoms with van der Waals surface area (Å²) in [5, 5.41) is 11.6. The van der Waals surface area contributed by atoms with E-state index in [1.807, 2.05) is 4.90 Å². The summed E-state index contributed by atoms with van der Waals surface area (Å²) in [6.07, 6.45) is 5.91. The average molecular weight is 256 g/mol. The van der Waals surface area contributed by atoms with Gasteiger partial charge < -0.3 is 15.3 Å². The SMILES string of the molecule is CC(CCCNC(=O)N1CCCCCC1)C(=O)O. The molecule has 1 rings (SSSR count). The Balaban J connectivity index is 2.14. The molecule has 0 radical (unpaired) electrons. The lowest BCUT2D eigenvalue weighted by Crippen LogP contribution is -2.40. The first kappa shape index (κ1) is 14.8. The van der Waals surface area contributed by atoms with E-state index in [4.69, 9.17) is 5.11 Å². The number of hydrogen-bond acceptors (Lipinski definition) is 2. The summed E-state index contributed by atoms with van der Waals surface area (Å²) in [6.45, 7) is 3.95. The van der Waals surface area contributed by atoms with Crippen LogP contribution in [0.2, 0.25) is 0 Å². The Morgan fingerprint density at radius 2 is 1.83 bits per heavy atom. The molecule has 5 heteroatoms. The Bertz CT molecular complexity index is 273. The summed E-state index contributed by atoms with van der Waals surface area (Å²) in [7, 11) is 0. The number of carbonyl (C=O) groups is 2. The number of carboxylic acid groups (broad SMARTS) is 1. The normalized spacial score (nSPS) is 17.9. The lowest BCUT2D eigenvalue weighted by Gasteiger charge is -2.20. The second-order valence-corrected chi connectivity index (χ2v) is 5.01. The van der Waals surface area contributed by atoms with Gasteiger partial charge in [-0.3, -0.25) is 4.79 Å². The van der Waals surface area contributed by atoms with Crippen LogP contribution in [0.15, 0.2) is 0 Å². The zero-order valence-corrected chi connectivity index (χ0v) is 11.2. The van der Waals surface area contributed by atoms with Gasteiger partial charge in [0.25, 0.3) is 0 Å². The van der Waals surface area contributed by atoms with Crippen molar-refractivity contribution in [1.82, 2.24) is 10.2 Å². The van der Waals surface area contributed by atoms with Crippen molar-refractivity contribution < 1.29 is 14.7 Å². The topological polar surface area (TPSA) is 69.6 Å². The molecule has 0 aliphatic carbocycles. The van der Waals surface area contributed by atoms with E-state index in [9.17, 15) is 9.59 Å². The van der Waals surface area contributed by atoms with Crippen LogP contribution in [-0.4, -0.2) is 41.6 Å². The van der Waals surface area contributed by atoms with Gasteiger partial charge in [0.1, 0.15) is 0 Å². The number of hydrogen-bond donors (Lipinski definition) is 2. The molecular formula is C13H24N2O3. The number of urea groups is 1. The monoisotopic (exact) mass is 256 g/mol. The van der Waals surface area contributed by atoms with E-state index in [0.717, 1.165) is 25.9 Å². The van der Waals surface area contributed by atoms with E-state index in [2.05, 4.69) is 5.32 Å². The molecule has 104 valence electrons. The first-order valence-electron chi connectivity index (χ1n) is 6.87. The molecule has 0 aromatic heterocycles. The minimum absolute atomic E-state index is 0.000113. The number of aliphatic carboxylic acids is 1. The van der Waals surface area contributed by atoms with Crippen molar-refractivity contribution in [3.05, 3.63) is 0 Å². The van der Waals surface area contributed by atoms with Crippen LogP contribution in [0.3, 0.4) is 0 Å². The lowest BCUT2D eigenvalue weighted by atomic mass is 10.1. The highest BCUT2D eigenvalue weighted by Crippen LogP contribution is 2.09. The Labute approximate surface area is 109 Å². The molecule has 0 aromatic carbocycles. The number of carbonyl (C=O) groups excluding carboxylic acids is 1. The van der Waals surface area contributed by atoms with Crippen LogP contribution in [0, 0.1) is 5.92 Å². The van der Waals surface area contributed by atoms with E-state index in [-0.39, 0.29) is 11.9 Å². The first-order chi connectivity index (χ1) is 8.61. The molecule has 2 amide bonds. The average Bonchev–Trinajstić information content (AvgIpc) is 2.62. The third-order valence-corrected chi connectivity index (χ3v) is 3.40. The van der Waals surface area contributed by atoms with E-state index in [1.165, 1.54) is 12.8 Å². The predicted octanol–water partition coefficient (Wildman–Crippen LogP) is 2.07. The summed E-state index contributed by atoms with van der Waals surface area (Å²) < 4.78 is 0. The number of nitrogens with zero attached hydrogens (tertiary/aromatic N) is 1. The van der Waals surface area contributed by atoms with Crippen LogP contribution in [0.25, 0.3) is 0 Å². The minimum atomic E-state index is -0.770. The second-order valence-electron chi connectivity index (χ2n) is 5.01. The van der Waals surface area contributed by atoms with Crippen molar-refractivity contribution in [1.29, 1.82) is 0 Å². The molecule has 1 fully saturated rings. The number of rotatable bonds is 5. The molecule has 0 spiro atoms. The van der Waals surface area contributed by atoms with Crippen molar-refractivity contribution >= 4 is 12.0 Å². The predicted molar refractivity (Wildman–Crippen MR) is 69.5 cm³/mol. The van der Waals surface area contributed by atoms with Crippen LogP contribution in [0.5, 0.6) is 0 Å². The zero-order valence-electron chi connectivity index (χ0n) is 11.2. The van der Waals surface area contributed by atoms with Gasteiger partial charge >= 0.3 is 12.0 Å². The van der Waals surface area contributed by atoms with Gasteiger partial charge in [0.05, 0.1) is 5.92 Å². The van der Waals surface area contributed by atoms with Gasteiger partial charge in [-0.2, -0.15) is 0 Å². The molecule has 0 aromatic rings. The minimum Gasteiger partial charge on any atom is -0.481 e. The number of amides is 2. The molecule has 0 saturated carbocycles. The smallest absolute Gasteiger partial charge is 0.317 e. The molecule has 1 saturated heterocycles. The number of nitrogens with one attached hydrogen (secondary N) is 1. The largest absolute Gasteiger partial charge is 0.481 e. The van der Waals surface area contributed by atoms with Crippen LogP contribution in [0.4, 0.5) is 4.79 Å². The van der Waals surface area contributed by atoms with Crippen molar-refractivity contribution in [2.45, 2.75) is 45.4 Å². The zero-order chi connectivity index (χ0) is 13.4. The Kier molecular flexibility index (Phi) is 6.54. The Morgan fingerprint density at radius 1 is 1.22 bits per heavy atom. The van der Waals surface area contributed by atoms with Crippen LogP contribution < -0.4 is 5.32 Å². The van der Waals surface area contributed by atoms with E-state index in [1.54, 1.807) is 6.92 Å². The summed E-state index contributed by atoms with van der Waals surface area (Å²) in [4.78, 5) is 24.3. The third-order valence-electron chi connectivity index (χ3n) is 3.40. The number of likely N-dealkylation sites (tertiary alicyclic amines) is 1. The van der Waals surface area contributed by atoms with Gasteiger partial charge in [0.15, 0.2) is 0 Å². The van der Waals surface area contributed by atoms with Crippen LogP contribution in [-0.2, 0) is 4.79 Å². The fourth-order valence-electron chi connectivity index (χ4n) is 2.11. The van der Waals surface area contributed by atoms with Crippen molar-refractivity contribution in [3.8, 4) is 0 Å². The van der Waals surface area contributed by atoms with E-state index >= 15 is 0 Å². The van der Waals surface area contributed by atoms with Gasteiger partial charge in [0.2, 0.25) is 0 Å². The van der Waals surface area contributed by atoms with Gasteiger partial charge in [-0.15, -0.1) is 0 Å². The standard InChI is InChI=1S/C13H24N2O3/c1-11(12(16)17)7-6-8-14-13(18)15-9-4-2-3-5-10-15/h11H,2-10H2,1H3,(H,14,18)(H,16,17). The van der Waals surface area contributed by atoms with Crippen molar-refractivity contribution in [2.75, 3.05) is 19.6 Å². The summed E-state index contributed by atoms with van der Waals surface area (Å²) >= 11 is 0. The second kappa shape index (κ2) is 7.95. The Morgan fingerprint density at radius 3 is 2.39 bits per heavy atom. The maximum atomic E-state index is 11.8. The lowest BCUT2D eigenvalue weighted by molar-refractivity contribution is -0.141. The van der Waals surface area contributed by atoms with E-state index in [0.29, 0.717) is 19.4 Å². The highest BCUT2D eigenvalue weighted by Gasteiger charge is 2.15. The van der Waals surface area contributed by atoms with Gasteiger partial charge in [-0.05, 0) is 25.7 Å². The molecule has 1 aliphatic heterocycles. The molecule has 1 unspecified atom stereocenters. The van der Waals surface area contributed by atoms with Gasteiger partial charge in [-0.25, -0.2) is 4.79 Å². The summed E-state index contributed by atoms with van der Waals surface area (Å²) in [5.74, 6) is -1.10. The van der Waals surface area contributed by atoms with Crippen molar-refractivity contribution in [3.63, 3.8) is 0 Å². The molecule has 2 N–H and O–H groups in total. The molecule has 1 aliphatic rings. The highest BCUT2D eigenvalue weighted by molar-refractivity contribution is 5.74. The third kappa shape index (κ3) is 5.38. The first-order valence-corrected chi connectivity index (χ1v) is 6.87. The van der Waals surface area contributed by atoms with Crippen LogP contribution >= 0.6 is 0 Å². The molecule has 1 heterocycles. The molecule has 1 atom stereocenters. The fraction of sp³-hybridized carbons (Fsp3) is 0.846. The number of carboxylic acids is 1. The quantitative estimate of drug-likeness (QED) is 0.740. The molecule has 5 nitrogen and oxygen atoms in total. The summed E-state index contributed by atoms with van der Waals surface area (Å²) in [5.41, 5.74) is 0. The van der Waals surface area contributed by atoms with Gasteiger partial charge in [0, 0.05) is 19.6 Å². The summed E-state index contributed by atoms with van der Waals surface area (Å²) in [6, 6.07) is -0.000113. The molecular weight excluding hydrogens is 232 g/mol. The molecule has 18 heavy (non-hydrogen) atoms. The molecule has 0 bridgehead atoms. The Hall–Kier alpha value is -1.26. The van der Waals surface area contributed by atoms with Gasteiger partial charge in [-0.1, -0.05) is 19.8 Å². The van der Waals surface area contributed by atoms with Crippen molar-refractivity contribution in [2.24, 2.45) is 5.92 Å². The fourth-order valence-corrected chi connectivity index (χ4v) is 2.11. The highest BCUT2D eigenvalue weighted by atomic mass is 16.4. The maximum absolute atomic E-state index is 11.8.